The summed E-state index contributed by atoms with van der Waals surface area (Å²) in [4.78, 5) is 4.86. The predicted octanol–water partition coefficient (Wildman–Crippen LogP) is 7.08. The van der Waals surface area contributed by atoms with E-state index in [9.17, 15) is 0 Å². The topological polar surface area (TPSA) is 27.1 Å². The van der Waals surface area contributed by atoms with E-state index in [1.165, 1.54) is 16.7 Å². The summed E-state index contributed by atoms with van der Waals surface area (Å²) in [5, 5.41) is 0. The van der Waals surface area contributed by atoms with Crippen LogP contribution >= 0.6 is 0 Å². The molecule has 3 nitrogen and oxygen atoms in total. The van der Waals surface area contributed by atoms with E-state index in [0.717, 1.165) is 29.2 Å². The fraction of sp³-hybridized carbons (Fsp3) is 0.321. The van der Waals surface area contributed by atoms with Gasteiger partial charge in [0.25, 0.3) is 0 Å². The van der Waals surface area contributed by atoms with Gasteiger partial charge in [0.2, 0.25) is 0 Å². The third kappa shape index (κ3) is 4.82. The molecule has 0 fully saturated rings. The number of hydrogen-bond acceptors (Lipinski definition) is 2. The lowest BCUT2D eigenvalue weighted by Gasteiger charge is -2.19. The van der Waals surface area contributed by atoms with Gasteiger partial charge in [-0.05, 0) is 52.3 Å². The van der Waals surface area contributed by atoms with Crippen LogP contribution in [0.4, 0.5) is 0 Å². The van der Waals surface area contributed by atoms with Crippen molar-refractivity contribution in [3.63, 3.8) is 0 Å². The van der Waals surface area contributed by atoms with Crippen molar-refractivity contribution in [2.24, 2.45) is 0 Å². The standard InChI is InChI=1S/C28H32N2O/c1-20(2)22-12-16-24(17-13-22)31-19-27-29-25-8-6-7-9-26(25)30(27)18-21-10-14-23(15-11-21)28(3,4)5/h6-17,20H,18-19H2,1-5H3. The maximum atomic E-state index is 6.12. The monoisotopic (exact) mass is 412 g/mol. The van der Waals surface area contributed by atoms with Gasteiger partial charge in [-0.1, -0.05) is 83.1 Å². The number of ether oxygens (including phenoxy) is 1. The number of aromatic nitrogens is 2. The van der Waals surface area contributed by atoms with Gasteiger partial charge in [-0.2, -0.15) is 0 Å². The minimum atomic E-state index is 0.157. The van der Waals surface area contributed by atoms with Gasteiger partial charge in [0.1, 0.15) is 18.2 Å². The third-order valence-electron chi connectivity index (χ3n) is 5.81. The molecule has 0 saturated heterocycles. The molecule has 0 amide bonds. The highest BCUT2D eigenvalue weighted by Gasteiger charge is 2.15. The van der Waals surface area contributed by atoms with Crippen LogP contribution in [0.1, 0.15) is 63.1 Å². The molecule has 0 bridgehead atoms. The summed E-state index contributed by atoms with van der Waals surface area (Å²) in [6.45, 7) is 12.3. The van der Waals surface area contributed by atoms with Crippen molar-refractivity contribution in [2.75, 3.05) is 0 Å². The first kappa shape index (κ1) is 21.2. The smallest absolute Gasteiger partial charge is 0.148 e. The Morgan fingerprint density at radius 2 is 1.55 bits per heavy atom. The van der Waals surface area contributed by atoms with Crippen LogP contribution in [0.25, 0.3) is 11.0 Å². The summed E-state index contributed by atoms with van der Waals surface area (Å²) >= 11 is 0. The largest absolute Gasteiger partial charge is 0.486 e. The molecule has 1 heterocycles. The van der Waals surface area contributed by atoms with E-state index in [1.807, 2.05) is 18.2 Å². The summed E-state index contributed by atoms with van der Waals surface area (Å²) < 4.78 is 8.38. The third-order valence-corrected chi connectivity index (χ3v) is 5.81. The molecule has 4 rings (SSSR count). The molecule has 0 radical (unpaired) electrons. The fourth-order valence-electron chi connectivity index (χ4n) is 3.80. The number of imidazole rings is 1. The second-order valence-electron chi connectivity index (χ2n) is 9.56. The van der Waals surface area contributed by atoms with Crippen molar-refractivity contribution in [2.45, 2.75) is 59.1 Å². The first-order valence-corrected chi connectivity index (χ1v) is 11.1. The Kier molecular flexibility index (Phi) is 5.86. The highest BCUT2D eigenvalue weighted by Crippen LogP contribution is 2.24. The van der Waals surface area contributed by atoms with Gasteiger partial charge in [-0.25, -0.2) is 4.98 Å². The Bertz CT molecular complexity index is 1150. The highest BCUT2D eigenvalue weighted by atomic mass is 16.5. The molecule has 0 spiro atoms. The van der Waals surface area contributed by atoms with Crippen LogP contribution in [0.2, 0.25) is 0 Å². The van der Waals surface area contributed by atoms with Crippen LogP contribution in [0.3, 0.4) is 0 Å². The van der Waals surface area contributed by atoms with Gasteiger partial charge in [0.05, 0.1) is 11.0 Å². The van der Waals surface area contributed by atoms with Gasteiger partial charge in [0.15, 0.2) is 0 Å². The molecule has 31 heavy (non-hydrogen) atoms. The molecule has 0 saturated carbocycles. The molecule has 0 aliphatic rings. The molecule has 0 aliphatic heterocycles. The molecule has 3 aromatic carbocycles. The lowest BCUT2D eigenvalue weighted by atomic mass is 9.87. The number of rotatable bonds is 6. The van der Waals surface area contributed by atoms with E-state index in [4.69, 9.17) is 9.72 Å². The molecular weight excluding hydrogens is 380 g/mol. The Hall–Kier alpha value is -3.07. The van der Waals surface area contributed by atoms with Crippen LogP contribution in [-0.2, 0) is 18.6 Å². The predicted molar refractivity (Wildman–Crippen MR) is 129 cm³/mol. The Balaban J connectivity index is 1.58. The lowest BCUT2D eigenvalue weighted by Crippen LogP contribution is -2.11. The molecule has 1 aromatic heterocycles. The van der Waals surface area contributed by atoms with E-state index < -0.39 is 0 Å². The zero-order valence-electron chi connectivity index (χ0n) is 19.2. The molecule has 4 aromatic rings. The molecular formula is C28H32N2O. The van der Waals surface area contributed by atoms with Gasteiger partial charge in [-0.3, -0.25) is 0 Å². The summed E-state index contributed by atoms with van der Waals surface area (Å²) in [6, 6.07) is 25.6. The van der Waals surface area contributed by atoms with Crippen LogP contribution in [-0.4, -0.2) is 9.55 Å². The fourth-order valence-corrected chi connectivity index (χ4v) is 3.80. The van der Waals surface area contributed by atoms with Crippen molar-refractivity contribution in [3.8, 4) is 5.75 Å². The van der Waals surface area contributed by atoms with E-state index in [1.54, 1.807) is 0 Å². The van der Waals surface area contributed by atoms with Crippen molar-refractivity contribution in [1.82, 2.24) is 9.55 Å². The first-order chi connectivity index (χ1) is 14.8. The average Bonchev–Trinajstić information content (AvgIpc) is 3.10. The number of hydrogen-bond donors (Lipinski definition) is 0. The molecule has 3 heteroatoms. The Labute approximate surface area is 185 Å². The maximum Gasteiger partial charge on any atom is 0.148 e. The number of benzene rings is 3. The summed E-state index contributed by atoms with van der Waals surface area (Å²) in [6.07, 6.45) is 0. The summed E-state index contributed by atoms with van der Waals surface area (Å²) in [5.74, 6) is 2.33. The van der Waals surface area contributed by atoms with Gasteiger partial charge in [0, 0.05) is 6.54 Å². The van der Waals surface area contributed by atoms with Crippen molar-refractivity contribution in [3.05, 3.63) is 95.3 Å². The second kappa shape index (κ2) is 8.58. The highest BCUT2D eigenvalue weighted by molar-refractivity contribution is 5.76. The van der Waals surface area contributed by atoms with Crippen molar-refractivity contribution >= 4 is 11.0 Å². The summed E-state index contributed by atoms with van der Waals surface area (Å²) in [5.41, 5.74) is 6.22. The van der Waals surface area contributed by atoms with Crippen LogP contribution in [0.5, 0.6) is 5.75 Å². The van der Waals surface area contributed by atoms with Crippen LogP contribution in [0, 0.1) is 0 Å². The van der Waals surface area contributed by atoms with Crippen LogP contribution < -0.4 is 4.74 Å². The molecule has 0 N–H and O–H groups in total. The lowest BCUT2D eigenvalue weighted by molar-refractivity contribution is 0.291. The normalized spacial score (nSPS) is 11.9. The molecule has 0 unspecified atom stereocenters. The quantitative estimate of drug-likeness (QED) is 0.338. The van der Waals surface area contributed by atoms with E-state index >= 15 is 0 Å². The number of para-hydroxylation sites is 2. The molecule has 0 atom stereocenters. The Morgan fingerprint density at radius 1 is 0.871 bits per heavy atom. The average molecular weight is 413 g/mol. The van der Waals surface area contributed by atoms with Gasteiger partial charge >= 0.3 is 0 Å². The van der Waals surface area contributed by atoms with Gasteiger partial charge in [-0.15, -0.1) is 0 Å². The van der Waals surface area contributed by atoms with E-state index in [-0.39, 0.29) is 5.41 Å². The van der Waals surface area contributed by atoms with E-state index in [2.05, 4.69) is 93.8 Å². The zero-order valence-corrected chi connectivity index (χ0v) is 19.2. The molecule has 160 valence electrons. The van der Waals surface area contributed by atoms with Crippen molar-refractivity contribution in [1.29, 1.82) is 0 Å². The minimum absolute atomic E-state index is 0.157. The SMILES string of the molecule is CC(C)c1ccc(OCc2nc3ccccc3n2Cc2ccc(C(C)(C)C)cc2)cc1. The van der Waals surface area contributed by atoms with E-state index in [0.29, 0.717) is 12.5 Å². The van der Waals surface area contributed by atoms with Gasteiger partial charge < -0.3 is 9.30 Å². The zero-order chi connectivity index (χ0) is 22.0. The minimum Gasteiger partial charge on any atom is -0.486 e. The number of fused-ring (bicyclic) bond motifs is 1. The Morgan fingerprint density at radius 3 is 2.19 bits per heavy atom. The van der Waals surface area contributed by atoms with Crippen molar-refractivity contribution < 1.29 is 4.74 Å². The van der Waals surface area contributed by atoms with Crippen LogP contribution in [0.15, 0.2) is 72.8 Å². The first-order valence-electron chi connectivity index (χ1n) is 11.1. The number of nitrogens with zero attached hydrogens (tertiary/aromatic N) is 2. The maximum absolute atomic E-state index is 6.12. The molecule has 0 aliphatic carbocycles. The second-order valence-corrected chi connectivity index (χ2v) is 9.56. The summed E-state index contributed by atoms with van der Waals surface area (Å²) in [7, 11) is 0.